The number of methoxy groups -OCH3 is 1. The number of ether oxygens (including phenoxy) is 4. The summed E-state index contributed by atoms with van der Waals surface area (Å²) >= 11 is 4.72. The van der Waals surface area contributed by atoms with Crippen molar-refractivity contribution in [3.63, 3.8) is 0 Å². The van der Waals surface area contributed by atoms with Gasteiger partial charge in [-0.15, -0.1) is 0 Å². The molecule has 0 N–H and O–H groups in total. The van der Waals surface area contributed by atoms with Gasteiger partial charge in [0.25, 0.3) is 11.2 Å². The molecule has 11 nitrogen and oxygen atoms in total. The Balaban J connectivity index is 1.49. The molecule has 1 aliphatic heterocycles. The molecule has 3 aromatic carbocycles. The molecule has 0 unspecified atom stereocenters. The molecule has 2 heterocycles. The Kier molecular flexibility index (Phi) is 9.79. The first-order valence-electron chi connectivity index (χ1n) is 13.9. The van der Waals surface area contributed by atoms with Crippen molar-refractivity contribution in [1.29, 1.82) is 0 Å². The summed E-state index contributed by atoms with van der Waals surface area (Å²) in [6, 6.07) is 16.1. The molecule has 232 valence electrons. The van der Waals surface area contributed by atoms with E-state index in [0.717, 1.165) is 5.56 Å². The molecule has 0 aliphatic carbocycles. The van der Waals surface area contributed by atoms with Crippen molar-refractivity contribution < 1.29 is 28.7 Å². The van der Waals surface area contributed by atoms with Crippen LogP contribution < -0.4 is 29.1 Å². The number of fused-ring (bicyclic) bond motifs is 1. The SMILES string of the molecule is CCOc1ccc([C@@H]2C(C(=O)OC)=CN=c3s/c(=C\c4ccc(OCc5cccc([N+](=O)[O-])c5)c(Br)c4)c(=O)n32)cc1OCC. The maximum atomic E-state index is 13.9. The molecule has 5 rings (SSSR count). The van der Waals surface area contributed by atoms with Gasteiger partial charge in [-0.25, -0.2) is 9.79 Å². The molecule has 45 heavy (non-hydrogen) atoms. The lowest BCUT2D eigenvalue weighted by Crippen LogP contribution is -2.39. The lowest BCUT2D eigenvalue weighted by molar-refractivity contribution is -0.384. The number of benzene rings is 3. The van der Waals surface area contributed by atoms with E-state index >= 15 is 0 Å². The summed E-state index contributed by atoms with van der Waals surface area (Å²) in [6.07, 6.45) is 3.17. The Morgan fingerprint density at radius 2 is 1.80 bits per heavy atom. The molecule has 4 aromatic rings. The molecular weight excluding hydrogens is 666 g/mol. The van der Waals surface area contributed by atoms with E-state index in [2.05, 4.69) is 20.9 Å². The maximum Gasteiger partial charge on any atom is 0.337 e. The van der Waals surface area contributed by atoms with Crippen molar-refractivity contribution in [2.24, 2.45) is 4.99 Å². The van der Waals surface area contributed by atoms with Gasteiger partial charge in [0.2, 0.25) is 0 Å². The first-order chi connectivity index (χ1) is 21.7. The number of hydrogen-bond acceptors (Lipinski definition) is 10. The van der Waals surface area contributed by atoms with E-state index in [1.165, 1.54) is 41.3 Å². The van der Waals surface area contributed by atoms with E-state index in [0.29, 0.717) is 55.4 Å². The fraction of sp³-hybridized carbons (Fsp3) is 0.219. The van der Waals surface area contributed by atoms with Crippen molar-refractivity contribution in [3.8, 4) is 17.2 Å². The Hall–Kier alpha value is -4.75. The summed E-state index contributed by atoms with van der Waals surface area (Å²) in [4.78, 5) is 42.2. The van der Waals surface area contributed by atoms with Crippen LogP contribution in [0.4, 0.5) is 5.69 Å². The number of nitro benzene ring substituents is 1. The molecule has 0 fully saturated rings. The van der Waals surface area contributed by atoms with E-state index in [9.17, 15) is 19.7 Å². The summed E-state index contributed by atoms with van der Waals surface area (Å²) in [5.41, 5.74) is 1.88. The monoisotopic (exact) mass is 693 g/mol. The predicted molar refractivity (Wildman–Crippen MR) is 172 cm³/mol. The molecule has 1 atom stereocenters. The summed E-state index contributed by atoms with van der Waals surface area (Å²) in [7, 11) is 1.28. The lowest BCUT2D eigenvalue weighted by atomic mass is 9.97. The summed E-state index contributed by atoms with van der Waals surface area (Å²) in [5.74, 6) is 0.984. The van der Waals surface area contributed by atoms with Gasteiger partial charge in [0.15, 0.2) is 16.3 Å². The van der Waals surface area contributed by atoms with E-state index in [-0.39, 0.29) is 23.4 Å². The van der Waals surface area contributed by atoms with E-state index in [1.807, 2.05) is 13.8 Å². The van der Waals surface area contributed by atoms with E-state index < -0.39 is 16.9 Å². The first kappa shape index (κ1) is 31.7. The molecule has 0 bridgehead atoms. The number of non-ortho nitro benzene ring substituents is 1. The third kappa shape index (κ3) is 6.84. The zero-order valence-electron chi connectivity index (χ0n) is 24.5. The van der Waals surface area contributed by atoms with Gasteiger partial charge in [-0.2, -0.15) is 0 Å². The van der Waals surface area contributed by atoms with Crippen molar-refractivity contribution in [3.05, 3.63) is 123 Å². The number of carbonyl (C=O) groups excluding carboxylic acids is 1. The van der Waals surface area contributed by atoms with Crippen LogP contribution in [-0.2, 0) is 16.1 Å². The van der Waals surface area contributed by atoms with Gasteiger partial charge < -0.3 is 18.9 Å². The van der Waals surface area contributed by atoms with Crippen molar-refractivity contribution in [2.75, 3.05) is 20.3 Å². The van der Waals surface area contributed by atoms with Crippen LogP contribution in [0.1, 0.15) is 36.6 Å². The second kappa shape index (κ2) is 13.9. The van der Waals surface area contributed by atoms with E-state index in [1.54, 1.807) is 54.6 Å². The van der Waals surface area contributed by atoms with Crippen molar-refractivity contribution in [2.45, 2.75) is 26.5 Å². The first-order valence-corrected chi connectivity index (χ1v) is 15.5. The van der Waals surface area contributed by atoms with Crippen LogP contribution in [0.2, 0.25) is 0 Å². The van der Waals surface area contributed by atoms with Crippen LogP contribution in [-0.4, -0.2) is 35.8 Å². The summed E-state index contributed by atoms with van der Waals surface area (Å²) in [5, 5.41) is 11.1. The number of rotatable bonds is 11. The number of carbonyl (C=O) groups is 1. The van der Waals surface area contributed by atoms with Crippen molar-refractivity contribution in [1.82, 2.24) is 4.57 Å². The number of hydrogen-bond donors (Lipinski definition) is 0. The van der Waals surface area contributed by atoms with E-state index in [4.69, 9.17) is 18.9 Å². The predicted octanol–water partition coefficient (Wildman–Crippen LogP) is 5.07. The number of aromatic nitrogens is 1. The lowest BCUT2D eigenvalue weighted by Gasteiger charge is -2.23. The van der Waals surface area contributed by atoms with Gasteiger partial charge in [0.05, 0.1) is 45.9 Å². The zero-order valence-corrected chi connectivity index (χ0v) is 26.9. The molecule has 0 saturated carbocycles. The minimum atomic E-state index is -0.804. The molecule has 0 amide bonds. The van der Waals surface area contributed by atoms with Gasteiger partial charge in [-0.1, -0.05) is 35.6 Å². The van der Waals surface area contributed by atoms with Crippen LogP contribution >= 0.6 is 27.3 Å². The molecule has 1 aliphatic rings. The maximum absolute atomic E-state index is 13.9. The summed E-state index contributed by atoms with van der Waals surface area (Å²) < 4.78 is 25.0. The second-order valence-corrected chi connectivity index (χ2v) is 11.5. The summed E-state index contributed by atoms with van der Waals surface area (Å²) in [6.45, 7) is 4.72. The van der Waals surface area contributed by atoms with Crippen LogP contribution in [0.25, 0.3) is 6.08 Å². The highest BCUT2D eigenvalue weighted by atomic mass is 79.9. The molecule has 0 radical (unpaired) electrons. The fourth-order valence-electron chi connectivity index (χ4n) is 4.78. The zero-order chi connectivity index (χ0) is 32.1. The topological polar surface area (TPSA) is 131 Å². The average molecular weight is 695 g/mol. The van der Waals surface area contributed by atoms with Gasteiger partial charge in [-0.05, 0) is 76.8 Å². The molecule has 1 aromatic heterocycles. The number of halogens is 1. The fourth-order valence-corrected chi connectivity index (χ4v) is 6.26. The molecule has 0 spiro atoms. The van der Waals surface area contributed by atoms with Gasteiger partial charge in [0.1, 0.15) is 12.4 Å². The molecule has 0 saturated heterocycles. The van der Waals surface area contributed by atoms with Crippen LogP contribution in [0, 0.1) is 10.1 Å². The Bertz CT molecular complexity index is 1980. The number of esters is 1. The quantitative estimate of drug-likeness (QED) is 0.121. The second-order valence-electron chi connectivity index (χ2n) is 9.65. The Morgan fingerprint density at radius 1 is 1.04 bits per heavy atom. The third-order valence-electron chi connectivity index (χ3n) is 6.78. The number of thiazole rings is 1. The minimum Gasteiger partial charge on any atom is -0.490 e. The van der Waals surface area contributed by atoms with Gasteiger partial charge in [-0.3, -0.25) is 19.5 Å². The number of nitrogens with zero attached hydrogens (tertiary/aromatic N) is 3. The van der Waals surface area contributed by atoms with Crippen LogP contribution in [0.15, 0.2) is 86.7 Å². The van der Waals surface area contributed by atoms with Crippen molar-refractivity contribution >= 4 is 45.0 Å². The smallest absolute Gasteiger partial charge is 0.337 e. The highest BCUT2D eigenvalue weighted by Crippen LogP contribution is 2.35. The van der Waals surface area contributed by atoms with Gasteiger partial charge >= 0.3 is 5.97 Å². The minimum absolute atomic E-state index is 0.00909. The highest BCUT2D eigenvalue weighted by molar-refractivity contribution is 9.10. The normalized spacial score (nSPS) is 14.2. The van der Waals surface area contributed by atoms with Gasteiger partial charge in [0, 0.05) is 18.3 Å². The van der Waals surface area contributed by atoms with Crippen LogP contribution in [0.3, 0.4) is 0 Å². The highest BCUT2D eigenvalue weighted by Gasteiger charge is 2.31. The number of nitro groups is 1. The Morgan fingerprint density at radius 3 is 2.51 bits per heavy atom. The molecule has 13 heteroatoms. The standard InChI is InChI=1S/C32H28BrN3O8S/c1-4-42-26-12-10-21(16-27(26)43-5-2)29-23(31(38)41-3)17-34-32-35(29)30(37)28(45-32)15-19-9-11-25(24(33)14-19)44-18-20-7-6-8-22(13-20)36(39)40/h6-17,29H,4-5,18H2,1-3H3/b28-15-/t29-/m1/s1. The average Bonchev–Trinajstić information content (AvgIpc) is 3.35. The largest absolute Gasteiger partial charge is 0.490 e. The molecular formula is C32H28BrN3O8S. The van der Waals surface area contributed by atoms with Crippen LogP contribution in [0.5, 0.6) is 17.2 Å². The Labute approximate surface area is 269 Å². The third-order valence-corrected chi connectivity index (χ3v) is 8.39.